The molecule has 2 aromatic rings. The van der Waals surface area contributed by atoms with Gasteiger partial charge in [-0.15, -0.1) is 0 Å². The van der Waals surface area contributed by atoms with E-state index in [9.17, 15) is 4.79 Å². The van der Waals surface area contributed by atoms with Gasteiger partial charge in [0, 0.05) is 12.1 Å². The molecule has 2 aromatic carbocycles. The largest absolute Gasteiger partial charge is 0.497 e. The van der Waals surface area contributed by atoms with E-state index in [0.29, 0.717) is 12.1 Å². The van der Waals surface area contributed by atoms with Gasteiger partial charge in [0.15, 0.2) is 0 Å². The Balaban J connectivity index is 1.74. The highest BCUT2D eigenvalue weighted by molar-refractivity contribution is 5.94. The zero-order valence-electron chi connectivity index (χ0n) is 14.1. The van der Waals surface area contributed by atoms with E-state index >= 15 is 0 Å². The van der Waals surface area contributed by atoms with Crippen molar-refractivity contribution in [3.8, 4) is 5.75 Å². The Kier molecular flexibility index (Phi) is 5.49. The molecule has 0 aromatic heterocycles. The predicted octanol–water partition coefficient (Wildman–Crippen LogP) is 3.26. The Morgan fingerprint density at radius 1 is 1.12 bits per heavy atom. The zero-order chi connectivity index (χ0) is 16.8. The molecule has 4 heteroatoms. The molecular formula is C20H24N2O2. The Morgan fingerprint density at radius 3 is 2.58 bits per heavy atom. The molecule has 1 atom stereocenters. The first kappa shape index (κ1) is 16.5. The summed E-state index contributed by atoms with van der Waals surface area (Å²) >= 11 is 0. The van der Waals surface area contributed by atoms with Crippen molar-refractivity contribution in [3.63, 3.8) is 0 Å². The van der Waals surface area contributed by atoms with Crippen LogP contribution in [-0.2, 0) is 0 Å². The van der Waals surface area contributed by atoms with E-state index in [1.807, 2.05) is 42.5 Å². The van der Waals surface area contributed by atoms with Gasteiger partial charge < -0.3 is 10.1 Å². The highest BCUT2D eigenvalue weighted by atomic mass is 16.5. The van der Waals surface area contributed by atoms with Crippen molar-refractivity contribution >= 4 is 5.91 Å². The molecule has 1 heterocycles. The van der Waals surface area contributed by atoms with Gasteiger partial charge >= 0.3 is 0 Å². The van der Waals surface area contributed by atoms with Crippen LogP contribution in [0.2, 0.25) is 0 Å². The van der Waals surface area contributed by atoms with E-state index in [1.54, 1.807) is 7.11 Å². The van der Waals surface area contributed by atoms with Crippen molar-refractivity contribution in [2.24, 2.45) is 0 Å². The highest BCUT2D eigenvalue weighted by Gasteiger charge is 2.24. The quantitative estimate of drug-likeness (QED) is 0.887. The van der Waals surface area contributed by atoms with Crippen molar-refractivity contribution in [1.82, 2.24) is 10.2 Å². The van der Waals surface area contributed by atoms with Crippen molar-refractivity contribution in [2.45, 2.75) is 18.9 Å². The molecule has 1 saturated heterocycles. The normalized spacial score (nSPS) is 15.9. The summed E-state index contributed by atoms with van der Waals surface area (Å²) in [5.41, 5.74) is 1.88. The maximum Gasteiger partial charge on any atom is 0.251 e. The fourth-order valence-corrected chi connectivity index (χ4v) is 3.24. The lowest BCUT2D eigenvalue weighted by molar-refractivity contribution is 0.0938. The number of amides is 1. The maximum absolute atomic E-state index is 12.4. The first-order chi connectivity index (χ1) is 11.8. The molecule has 3 rings (SSSR count). The van der Waals surface area contributed by atoms with Gasteiger partial charge in [-0.1, -0.05) is 30.3 Å². The molecule has 126 valence electrons. The first-order valence-corrected chi connectivity index (χ1v) is 8.49. The fraction of sp³-hybridized carbons (Fsp3) is 0.350. The van der Waals surface area contributed by atoms with Crippen LogP contribution in [-0.4, -0.2) is 37.6 Å². The van der Waals surface area contributed by atoms with Gasteiger partial charge in [-0.05, 0) is 55.8 Å². The van der Waals surface area contributed by atoms with Gasteiger partial charge in [-0.3, -0.25) is 9.69 Å². The standard InChI is InChI=1S/C20H24N2O2/c1-24-18-11-7-10-17(14-18)19(22-12-5-6-13-22)15-21-20(23)16-8-3-2-4-9-16/h2-4,7-11,14,19H,5-6,12-13,15H2,1H3,(H,21,23). The van der Waals surface area contributed by atoms with Crippen molar-refractivity contribution in [2.75, 3.05) is 26.7 Å². The molecule has 0 radical (unpaired) electrons. The van der Waals surface area contributed by atoms with E-state index in [-0.39, 0.29) is 11.9 Å². The minimum atomic E-state index is -0.0253. The molecule has 1 unspecified atom stereocenters. The first-order valence-electron chi connectivity index (χ1n) is 8.49. The van der Waals surface area contributed by atoms with Gasteiger partial charge in [0.1, 0.15) is 5.75 Å². The van der Waals surface area contributed by atoms with Gasteiger partial charge in [-0.25, -0.2) is 0 Å². The zero-order valence-corrected chi connectivity index (χ0v) is 14.1. The summed E-state index contributed by atoms with van der Waals surface area (Å²) in [5.74, 6) is 0.828. The minimum Gasteiger partial charge on any atom is -0.497 e. The van der Waals surface area contributed by atoms with E-state index < -0.39 is 0 Å². The number of nitrogens with one attached hydrogen (secondary N) is 1. The molecular weight excluding hydrogens is 300 g/mol. The Bertz CT molecular complexity index is 666. The predicted molar refractivity (Wildman–Crippen MR) is 95.3 cm³/mol. The summed E-state index contributed by atoms with van der Waals surface area (Å²) in [6.07, 6.45) is 2.43. The molecule has 0 bridgehead atoms. The maximum atomic E-state index is 12.4. The van der Waals surface area contributed by atoms with Crippen LogP contribution < -0.4 is 10.1 Å². The van der Waals surface area contributed by atoms with Crippen LogP contribution in [0.3, 0.4) is 0 Å². The number of methoxy groups -OCH3 is 1. The van der Waals surface area contributed by atoms with Gasteiger partial charge in [0.25, 0.3) is 5.91 Å². The van der Waals surface area contributed by atoms with Crippen molar-refractivity contribution in [1.29, 1.82) is 0 Å². The average Bonchev–Trinajstić information content (AvgIpc) is 3.17. The number of benzene rings is 2. The number of rotatable bonds is 6. The minimum absolute atomic E-state index is 0.0253. The Morgan fingerprint density at radius 2 is 1.88 bits per heavy atom. The lowest BCUT2D eigenvalue weighted by Crippen LogP contribution is -2.36. The number of hydrogen-bond acceptors (Lipinski definition) is 3. The Hall–Kier alpha value is -2.33. The smallest absolute Gasteiger partial charge is 0.251 e. The third-order valence-electron chi connectivity index (χ3n) is 4.55. The summed E-state index contributed by atoms with van der Waals surface area (Å²) in [5, 5.41) is 3.09. The molecule has 1 N–H and O–H groups in total. The summed E-state index contributed by atoms with van der Waals surface area (Å²) in [6, 6.07) is 17.7. The van der Waals surface area contributed by atoms with Crippen LogP contribution in [0.5, 0.6) is 5.75 Å². The molecule has 1 aliphatic rings. The van der Waals surface area contributed by atoms with Crippen LogP contribution in [0.15, 0.2) is 54.6 Å². The Labute approximate surface area is 143 Å². The van der Waals surface area contributed by atoms with Crippen molar-refractivity contribution in [3.05, 3.63) is 65.7 Å². The van der Waals surface area contributed by atoms with E-state index in [2.05, 4.69) is 22.3 Å². The second-order valence-corrected chi connectivity index (χ2v) is 6.11. The second kappa shape index (κ2) is 7.97. The van der Waals surface area contributed by atoms with Gasteiger partial charge in [0.05, 0.1) is 13.2 Å². The van der Waals surface area contributed by atoms with E-state index in [1.165, 1.54) is 18.4 Å². The third kappa shape index (κ3) is 3.95. The topological polar surface area (TPSA) is 41.6 Å². The molecule has 1 fully saturated rings. The molecule has 0 spiro atoms. The number of nitrogens with zero attached hydrogens (tertiary/aromatic N) is 1. The molecule has 0 aliphatic carbocycles. The monoisotopic (exact) mass is 324 g/mol. The lowest BCUT2D eigenvalue weighted by atomic mass is 10.0. The third-order valence-corrected chi connectivity index (χ3v) is 4.55. The van der Waals surface area contributed by atoms with Gasteiger partial charge in [0.2, 0.25) is 0 Å². The fourth-order valence-electron chi connectivity index (χ4n) is 3.24. The van der Waals surface area contributed by atoms with Crippen molar-refractivity contribution < 1.29 is 9.53 Å². The van der Waals surface area contributed by atoms with E-state index in [0.717, 1.165) is 18.8 Å². The molecule has 4 nitrogen and oxygen atoms in total. The number of likely N-dealkylation sites (tertiary alicyclic amines) is 1. The van der Waals surface area contributed by atoms with Crippen LogP contribution in [0.1, 0.15) is 34.8 Å². The number of carbonyl (C=O) groups excluding carboxylic acids is 1. The molecule has 0 saturated carbocycles. The molecule has 1 aliphatic heterocycles. The summed E-state index contributed by atoms with van der Waals surface area (Å²) in [6.45, 7) is 2.74. The number of carbonyl (C=O) groups is 1. The highest BCUT2D eigenvalue weighted by Crippen LogP contribution is 2.27. The molecule has 24 heavy (non-hydrogen) atoms. The summed E-state index contributed by atoms with van der Waals surface area (Å²) in [4.78, 5) is 14.8. The lowest BCUT2D eigenvalue weighted by Gasteiger charge is -2.28. The number of hydrogen-bond donors (Lipinski definition) is 1. The second-order valence-electron chi connectivity index (χ2n) is 6.11. The SMILES string of the molecule is COc1cccc(C(CNC(=O)c2ccccc2)N2CCCC2)c1. The van der Waals surface area contributed by atoms with Gasteiger partial charge in [-0.2, -0.15) is 0 Å². The summed E-state index contributed by atoms with van der Waals surface area (Å²) in [7, 11) is 1.68. The average molecular weight is 324 g/mol. The van der Waals surface area contributed by atoms with Crippen LogP contribution in [0, 0.1) is 0 Å². The summed E-state index contributed by atoms with van der Waals surface area (Å²) < 4.78 is 5.36. The molecule has 1 amide bonds. The number of ether oxygens (including phenoxy) is 1. The van der Waals surface area contributed by atoms with Crippen LogP contribution >= 0.6 is 0 Å². The van der Waals surface area contributed by atoms with Crippen LogP contribution in [0.4, 0.5) is 0 Å². The van der Waals surface area contributed by atoms with Crippen LogP contribution in [0.25, 0.3) is 0 Å². The van der Waals surface area contributed by atoms with E-state index in [4.69, 9.17) is 4.74 Å².